The Bertz CT molecular complexity index is 1010. The topological polar surface area (TPSA) is 102 Å². The van der Waals surface area contributed by atoms with Crippen molar-refractivity contribution in [3.8, 4) is 6.07 Å². The number of hydrogen-bond acceptors (Lipinski definition) is 7. The van der Waals surface area contributed by atoms with Crippen LogP contribution >= 0.6 is 22.7 Å². The van der Waals surface area contributed by atoms with E-state index in [1.54, 1.807) is 11.4 Å². The van der Waals surface area contributed by atoms with E-state index in [0.29, 0.717) is 39.7 Å². The minimum atomic E-state index is -0.198. The van der Waals surface area contributed by atoms with Crippen LogP contribution in [0.4, 0.5) is 5.00 Å². The summed E-state index contributed by atoms with van der Waals surface area (Å²) in [5, 5.41) is 16.0. The first-order valence-electron chi connectivity index (χ1n) is 8.07. The van der Waals surface area contributed by atoms with Gasteiger partial charge in [0.1, 0.15) is 21.6 Å². The number of nitrogens with one attached hydrogen (secondary N) is 2. The van der Waals surface area contributed by atoms with E-state index >= 15 is 0 Å². The zero-order chi connectivity index (χ0) is 18.5. The second-order valence-corrected chi connectivity index (χ2v) is 7.51. The lowest BCUT2D eigenvalue weighted by Gasteiger charge is -2.20. The van der Waals surface area contributed by atoms with Gasteiger partial charge in [-0.2, -0.15) is 5.26 Å². The second-order valence-electron chi connectivity index (χ2n) is 5.68. The van der Waals surface area contributed by atoms with Gasteiger partial charge >= 0.3 is 0 Å². The highest BCUT2D eigenvalue weighted by Gasteiger charge is 2.15. The van der Waals surface area contributed by atoms with Crippen molar-refractivity contribution >= 4 is 43.8 Å². The number of carbonyl (C=O) groups excluding carboxylic acids is 1. The minimum absolute atomic E-state index is 0.154. The molecule has 134 valence electrons. The molecule has 0 unspecified atom stereocenters. The zero-order valence-electron chi connectivity index (χ0n) is 14.1. The van der Waals surface area contributed by atoms with Crippen molar-refractivity contribution in [2.45, 2.75) is 19.9 Å². The van der Waals surface area contributed by atoms with Gasteiger partial charge < -0.3 is 10.3 Å². The average molecular weight is 387 g/mol. The van der Waals surface area contributed by atoms with Gasteiger partial charge in [-0.3, -0.25) is 14.5 Å². The molecular weight excluding hydrogens is 370 g/mol. The van der Waals surface area contributed by atoms with Gasteiger partial charge in [0, 0.05) is 0 Å². The highest BCUT2D eigenvalue weighted by molar-refractivity contribution is 7.17. The summed E-state index contributed by atoms with van der Waals surface area (Å²) in [4.78, 5) is 33.6. The van der Waals surface area contributed by atoms with E-state index < -0.39 is 0 Å². The number of rotatable bonds is 7. The monoisotopic (exact) mass is 387 g/mol. The molecule has 0 bridgehead atoms. The minimum Gasteiger partial charge on any atom is -0.315 e. The van der Waals surface area contributed by atoms with E-state index in [-0.39, 0.29) is 18.0 Å². The third-order valence-corrected chi connectivity index (χ3v) is 5.42. The standard InChI is InChI=1S/C17H17N5O2S2/c1-2-5-22(10-14(23)21-17-11(8-18)3-6-26-17)9-13-19-12-4-7-25-15(12)16(24)20-13/h3-4,6-7H,2,5,9-10H2,1H3,(H,21,23)(H,19,20,24). The molecular formula is C17H17N5O2S2. The number of aromatic nitrogens is 2. The van der Waals surface area contributed by atoms with E-state index in [4.69, 9.17) is 5.26 Å². The molecule has 0 spiro atoms. The third-order valence-electron chi connectivity index (χ3n) is 3.68. The molecule has 1 amide bonds. The smallest absolute Gasteiger partial charge is 0.268 e. The molecule has 3 rings (SSSR count). The predicted molar refractivity (Wildman–Crippen MR) is 103 cm³/mol. The van der Waals surface area contributed by atoms with Crippen LogP contribution < -0.4 is 10.9 Å². The molecule has 9 heteroatoms. The number of amides is 1. The quantitative estimate of drug-likeness (QED) is 0.649. The Morgan fingerprint density at radius 3 is 2.96 bits per heavy atom. The molecule has 7 nitrogen and oxygen atoms in total. The molecule has 0 aliphatic carbocycles. The molecule has 0 atom stereocenters. The van der Waals surface area contributed by atoms with Crippen molar-refractivity contribution in [2.24, 2.45) is 0 Å². The van der Waals surface area contributed by atoms with E-state index in [1.165, 1.54) is 22.7 Å². The number of thiophene rings is 2. The molecule has 0 aliphatic heterocycles. The Morgan fingerprint density at radius 2 is 2.19 bits per heavy atom. The normalized spacial score (nSPS) is 11.0. The molecule has 0 saturated carbocycles. The summed E-state index contributed by atoms with van der Waals surface area (Å²) in [5.41, 5.74) is 0.976. The zero-order valence-corrected chi connectivity index (χ0v) is 15.7. The predicted octanol–water partition coefficient (Wildman–Crippen LogP) is 2.77. The van der Waals surface area contributed by atoms with Crippen LogP contribution in [0.25, 0.3) is 10.2 Å². The maximum atomic E-state index is 12.3. The van der Waals surface area contributed by atoms with Crippen molar-refractivity contribution in [1.29, 1.82) is 5.26 Å². The Hall–Kier alpha value is -2.54. The summed E-state index contributed by atoms with van der Waals surface area (Å²) >= 11 is 2.68. The van der Waals surface area contributed by atoms with Crippen molar-refractivity contribution in [3.63, 3.8) is 0 Å². The molecule has 3 aromatic rings. The fourth-order valence-corrected chi connectivity index (χ4v) is 4.08. The Kier molecular flexibility index (Phi) is 5.78. The molecule has 0 fully saturated rings. The summed E-state index contributed by atoms with van der Waals surface area (Å²) in [6, 6.07) is 5.54. The molecule has 3 heterocycles. The van der Waals surface area contributed by atoms with Crippen LogP contribution in [0, 0.1) is 11.3 Å². The second kappa shape index (κ2) is 8.23. The Balaban J connectivity index is 1.71. The number of aromatic amines is 1. The number of anilines is 1. The van der Waals surface area contributed by atoms with Gasteiger partial charge in [0.25, 0.3) is 5.56 Å². The van der Waals surface area contributed by atoms with Gasteiger partial charge in [-0.15, -0.1) is 22.7 Å². The van der Waals surface area contributed by atoms with E-state index in [0.717, 1.165) is 6.42 Å². The maximum absolute atomic E-state index is 12.3. The van der Waals surface area contributed by atoms with Crippen LogP contribution in [0.5, 0.6) is 0 Å². The van der Waals surface area contributed by atoms with Gasteiger partial charge in [-0.25, -0.2) is 4.98 Å². The fraction of sp³-hybridized carbons (Fsp3) is 0.294. The summed E-state index contributed by atoms with van der Waals surface area (Å²) in [6.45, 7) is 3.24. The first-order valence-corrected chi connectivity index (χ1v) is 9.82. The molecule has 0 saturated heterocycles. The van der Waals surface area contributed by atoms with Gasteiger partial charge in [0.15, 0.2) is 0 Å². The fourth-order valence-electron chi connectivity index (χ4n) is 2.60. The van der Waals surface area contributed by atoms with Crippen LogP contribution in [0.1, 0.15) is 24.7 Å². The van der Waals surface area contributed by atoms with Crippen molar-refractivity contribution in [1.82, 2.24) is 14.9 Å². The lowest BCUT2D eigenvalue weighted by Crippen LogP contribution is -2.34. The molecule has 3 aromatic heterocycles. The van der Waals surface area contributed by atoms with E-state index in [2.05, 4.69) is 21.4 Å². The molecule has 26 heavy (non-hydrogen) atoms. The van der Waals surface area contributed by atoms with E-state index in [1.807, 2.05) is 23.3 Å². The lowest BCUT2D eigenvalue weighted by atomic mass is 10.3. The van der Waals surface area contributed by atoms with Gasteiger partial charge in [0.2, 0.25) is 5.91 Å². The van der Waals surface area contributed by atoms with Crippen LogP contribution in [-0.2, 0) is 11.3 Å². The maximum Gasteiger partial charge on any atom is 0.268 e. The van der Waals surface area contributed by atoms with Crippen molar-refractivity contribution in [2.75, 3.05) is 18.4 Å². The summed E-state index contributed by atoms with van der Waals surface area (Å²) in [7, 11) is 0. The van der Waals surface area contributed by atoms with E-state index in [9.17, 15) is 9.59 Å². The molecule has 0 aliphatic rings. The average Bonchev–Trinajstić information content (AvgIpc) is 3.24. The number of H-pyrrole nitrogens is 1. The largest absolute Gasteiger partial charge is 0.315 e. The molecule has 0 radical (unpaired) electrons. The summed E-state index contributed by atoms with van der Waals surface area (Å²) in [6.07, 6.45) is 0.862. The van der Waals surface area contributed by atoms with Gasteiger partial charge in [0.05, 0.1) is 24.2 Å². The number of fused-ring (bicyclic) bond motifs is 1. The van der Waals surface area contributed by atoms with Crippen molar-refractivity contribution < 1.29 is 4.79 Å². The summed E-state index contributed by atoms with van der Waals surface area (Å²) in [5.74, 6) is 0.340. The van der Waals surface area contributed by atoms with Crippen LogP contribution in [-0.4, -0.2) is 33.9 Å². The number of hydrogen-bond donors (Lipinski definition) is 2. The van der Waals surface area contributed by atoms with Crippen LogP contribution in [0.2, 0.25) is 0 Å². The highest BCUT2D eigenvalue weighted by Crippen LogP contribution is 2.22. The first kappa shape index (κ1) is 18.3. The highest BCUT2D eigenvalue weighted by atomic mass is 32.1. The first-order chi connectivity index (χ1) is 12.6. The Morgan fingerprint density at radius 1 is 1.38 bits per heavy atom. The Labute approximate surface area is 157 Å². The summed E-state index contributed by atoms with van der Waals surface area (Å²) < 4.78 is 0.607. The molecule has 2 N–H and O–H groups in total. The van der Waals surface area contributed by atoms with Crippen molar-refractivity contribution in [3.05, 3.63) is 44.6 Å². The lowest BCUT2D eigenvalue weighted by molar-refractivity contribution is -0.117. The van der Waals surface area contributed by atoms with Gasteiger partial charge in [-0.1, -0.05) is 6.92 Å². The number of nitriles is 1. The van der Waals surface area contributed by atoms with Crippen LogP contribution in [0.3, 0.4) is 0 Å². The molecule has 0 aromatic carbocycles. The third kappa shape index (κ3) is 4.16. The number of carbonyl (C=O) groups is 1. The number of nitrogens with zero attached hydrogens (tertiary/aromatic N) is 3. The SMILES string of the molecule is CCCN(CC(=O)Nc1sccc1C#N)Cc1nc2ccsc2c(=O)[nH]1. The van der Waals surface area contributed by atoms with Crippen LogP contribution in [0.15, 0.2) is 27.7 Å². The van der Waals surface area contributed by atoms with Gasteiger partial charge in [-0.05, 0) is 35.9 Å².